The monoisotopic (exact) mass is 427 g/mol. The van der Waals surface area contributed by atoms with Crippen LogP contribution in [0.5, 0.6) is 0 Å². The molecular weight excluding hydrogens is 409 g/mol. The molecule has 2 aliphatic rings. The van der Waals surface area contributed by atoms with Gasteiger partial charge in [-0.1, -0.05) is 22.6 Å². The fraction of sp³-hybridized carbons (Fsp3) is 0.750. The van der Waals surface area contributed by atoms with Gasteiger partial charge in [-0.15, -0.1) is 0 Å². The van der Waals surface area contributed by atoms with Gasteiger partial charge in [-0.25, -0.2) is 9.59 Å². The van der Waals surface area contributed by atoms with Gasteiger partial charge in [0.1, 0.15) is 6.04 Å². The standard InChI is InChI=1S/C12H18IN3O4S/c13-4-9(17)14-6(11(18)19)2-1-3-8-10-7(5-21-8)15-12(20)16-10/h6-8,10H,1-5H2,(H,14,17)(H,18,19)(H2,15,16,20)/t6?,7-,8-,10-/m0/s1. The topological polar surface area (TPSA) is 108 Å². The summed E-state index contributed by atoms with van der Waals surface area (Å²) in [6, 6.07) is -0.630. The number of fused-ring (bicyclic) bond motifs is 1. The lowest BCUT2D eigenvalue weighted by Crippen LogP contribution is -2.41. The Morgan fingerprint density at radius 3 is 2.90 bits per heavy atom. The summed E-state index contributed by atoms with van der Waals surface area (Å²) in [6.45, 7) is 0. The van der Waals surface area contributed by atoms with E-state index in [1.807, 2.05) is 22.6 Å². The van der Waals surface area contributed by atoms with Crippen LogP contribution >= 0.6 is 34.4 Å². The molecule has 2 fully saturated rings. The van der Waals surface area contributed by atoms with E-state index in [4.69, 9.17) is 5.11 Å². The number of hydrogen-bond donors (Lipinski definition) is 4. The molecule has 2 saturated heterocycles. The van der Waals surface area contributed by atoms with Gasteiger partial charge in [-0.05, 0) is 19.3 Å². The molecule has 4 atom stereocenters. The molecule has 118 valence electrons. The highest BCUT2D eigenvalue weighted by atomic mass is 127. The second-order valence-electron chi connectivity index (χ2n) is 5.14. The van der Waals surface area contributed by atoms with E-state index in [-0.39, 0.29) is 28.4 Å². The van der Waals surface area contributed by atoms with E-state index in [9.17, 15) is 14.4 Å². The molecule has 0 radical (unpaired) electrons. The summed E-state index contributed by atoms with van der Waals surface area (Å²) in [6.07, 6.45) is 1.94. The second-order valence-corrected chi connectivity index (χ2v) is 7.18. The minimum Gasteiger partial charge on any atom is -0.480 e. The van der Waals surface area contributed by atoms with Gasteiger partial charge in [-0.2, -0.15) is 11.8 Å². The van der Waals surface area contributed by atoms with Crippen LogP contribution in [0.3, 0.4) is 0 Å². The van der Waals surface area contributed by atoms with Crippen molar-refractivity contribution in [3.63, 3.8) is 0 Å². The number of rotatable bonds is 7. The Labute approximate surface area is 140 Å². The molecule has 9 heteroatoms. The molecule has 0 bridgehead atoms. The number of carbonyl (C=O) groups is 3. The summed E-state index contributed by atoms with van der Waals surface area (Å²) in [5.41, 5.74) is 0. The Kier molecular flexibility index (Phi) is 5.97. The largest absolute Gasteiger partial charge is 0.480 e. The highest BCUT2D eigenvalue weighted by Gasteiger charge is 2.42. The average molecular weight is 427 g/mol. The van der Waals surface area contributed by atoms with Crippen LogP contribution in [0, 0.1) is 0 Å². The number of carboxylic acid groups (broad SMARTS) is 1. The van der Waals surface area contributed by atoms with Gasteiger partial charge in [0.2, 0.25) is 5.91 Å². The normalized spacial score (nSPS) is 28.4. The quantitative estimate of drug-likeness (QED) is 0.266. The predicted octanol–water partition coefficient (Wildman–Crippen LogP) is 0.327. The smallest absolute Gasteiger partial charge is 0.326 e. The zero-order valence-electron chi connectivity index (χ0n) is 11.3. The van der Waals surface area contributed by atoms with Gasteiger partial charge in [-0.3, -0.25) is 4.79 Å². The minimum absolute atomic E-state index is 0.118. The SMILES string of the molecule is O=C(CI)NC(CCC[C@@H]1SC[C@@H]2NC(=O)N[C@@H]21)C(=O)O. The summed E-state index contributed by atoms with van der Waals surface area (Å²) in [7, 11) is 0. The van der Waals surface area contributed by atoms with Crippen LogP contribution in [0.4, 0.5) is 4.79 Å². The molecule has 2 rings (SSSR count). The first kappa shape index (κ1) is 16.7. The maximum absolute atomic E-state index is 11.3. The molecule has 0 aromatic heterocycles. The molecule has 4 N–H and O–H groups in total. The van der Waals surface area contributed by atoms with Crippen LogP contribution in [-0.2, 0) is 9.59 Å². The molecule has 2 aliphatic heterocycles. The molecule has 0 aromatic rings. The number of urea groups is 1. The van der Waals surface area contributed by atoms with Crippen molar-refractivity contribution in [2.24, 2.45) is 0 Å². The van der Waals surface area contributed by atoms with Crippen molar-refractivity contribution in [1.29, 1.82) is 0 Å². The van der Waals surface area contributed by atoms with Gasteiger partial charge in [0.15, 0.2) is 0 Å². The number of nitrogens with one attached hydrogen (secondary N) is 3. The molecule has 2 heterocycles. The van der Waals surface area contributed by atoms with Gasteiger partial charge in [0.05, 0.1) is 16.5 Å². The fourth-order valence-corrected chi connectivity index (χ4v) is 4.42. The fourth-order valence-electron chi connectivity index (χ4n) is 2.66. The van der Waals surface area contributed by atoms with Crippen LogP contribution in [-0.4, -0.2) is 56.6 Å². The van der Waals surface area contributed by atoms with Crippen LogP contribution in [0.1, 0.15) is 19.3 Å². The zero-order chi connectivity index (χ0) is 15.4. The predicted molar refractivity (Wildman–Crippen MR) is 87.8 cm³/mol. The molecule has 7 nitrogen and oxygen atoms in total. The average Bonchev–Trinajstić information content (AvgIpc) is 2.97. The Bertz CT molecular complexity index is 437. The number of hydrogen-bond acceptors (Lipinski definition) is 4. The molecule has 0 aromatic carbocycles. The number of aliphatic carboxylic acids is 1. The van der Waals surface area contributed by atoms with Crippen molar-refractivity contribution in [3.05, 3.63) is 0 Å². The van der Waals surface area contributed by atoms with Crippen molar-refractivity contribution in [2.75, 3.05) is 10.2 Å². The summed E-state index contributed by atoms with van der Waals surface area (Å²) in [5.74, 6) is -0.367. The van der Waals surface area contributed by atoms with Crippen LogP contribution in [0.15, 0.2) is 0 Å². The maximum atomic E-state index is 11.3. The number of amides is 3. The van der Waals surface area contributed by atoms with E-state index < -0.39 is 12.0 Å². The van der Waals surface area contributed by atoms with Crippen molar-refractivity contribution >= 4 is 52.3 Å². The maximum Gasteiger partial charge on any atom is 0.326 e. The third kappa shape index (κ3) is 4.38. The Hall–Kier alpha value is -0.710. The Balaban J connectivity index is 1.76. The lowest BCUT2D eigenvalue weighted by Gasteiger charge is -2.18. The molecular formula is C12H18IN3O4S. The van der Waals surface area contributed by atoms with Crippen LogP contribution < -0.4 is 16.0 Å². The number of carboxylic acids is 1. The van der Waals surface area contributed by atoms with E-state index in [1.165, 1.54) is 0 Å². The lowest BCUT2D eigenvalue weighted by molar-refractivity contribution is -0.141. The first-order valence-corrected chi connectivity index (χ1v) is 9.35. The first-order valence-electron chi connectivity index (χ1n) is 6.78. The summed E-state index contributed by atoms with van der Waals surface area (Å²) < 4.78 is 0.251. The van der Waals surface area contributed by atoms with E-state index >= 15 is 0 Å². The Morgan fingerprint density at radius 1 is 1.48 bits per heavy atom. The summed E-state index contributed by atoms with van der Waals surface area (Å²) in [5, 5.41) is 17.7. The highest BCUT2D eigenvalue weighted by Crippen LogP contribution is 2.33. The van der Waals surface area contributed by atoms with Crippen molar-refractivity contribution in [2.45, 2.75) is 42.6 Å². The van der Waals surface area contributed by atoms with E-state index in [1.54, 1.807) is 11.8 Å². The van der Waals surface area contributed by atoms with Crippen molar-refractivity contribution in [1.82, 2.24) is 16.0 Å². The summed E-state index contributed by atoms with van der Waals surface area (Å²) in [4.78, 5) is 33.7. The molecule has 21 heavy (non-hydrogen) atoms. The highest BCUT2D eigenvalue weighted by molar-refractivity contribution is 14.1. The zero-order valence-corrected chi connectivity index (χ0v) is 14.3. The van der Waals surface area contributed by atoms with Gasteiger partial charge < -0.3 is 21.1 Å². The van der Waals surface area contributed by atoms with E-state index in [0.29, 0.717) is 18.1 Å². The van der Waals surface area contributed by atoms with Crippen molar-refractivity contribution < 1.29 is 19.5 Å². The minimum atomic E-state index is -0.999. The molecule has 3 amide bonds. The van der Waals surface area contributed by atoms with Crippen LogP contribution in [0.25, 0.3) is 0 Å². The number of thioether (sulfide) groups is 1. The van der Waals surface area contributed by atoms with Gasteiger partial charge >= 0.3 is 12.0 Å². The van der Waals surface area contributed by atoms with Crippen LogP contribution in [0.2, 0.25) is 0 Å². The van der Waals surface area contributed by atoms with Crippen molar-refractivity contribution in [3.8, 4) is 0 Å². The molecule has 0 saturated carbocycles. The lowest BCUT2D eigenvalue weighted by atomic mass is 10.0. The van der Waals surface area contributed by atoms with Gasteiger partial charge in [0, 0.05) is 11.0 Å². The number of halogens is 1. The van der Waals surface area contributed by atoms with Gasteiger partial charge in [0.25, 0.3) is 0 Å². The van der Waals surface area contributed by atoms with E-state index in [0.717, 1.165) is 12.2 Å². The molecule has 0 aliphatic carbocycles. The summed E-state index contributed by atoms with van der Waals surface area (Å²) >= 11 is 3.70. The third-order valence-electron chi connectivity index (χ3n) is 3.67. The number of carbonyl (C=O) groups excluding carboxylic acids is 2. The second kappa shape index (κ2) is 7.52. The Morgan fingerprint density at radius 2 is 2.24 bits per heavy atom. The number of alkyl halides is 1. The third-order valence-corrected chi connectivity index (χ3v) is 5.88. The molecule has 0 spiro atoms. The first-order chi connectivity index (χ1) is 10.0. The van der Waals surface area contributed by atoms with E-state index in [2.05, 4.69) is 16.0 Å². The molecule has 1 unspecified atom stereocenters.